The molecule has 168 valence electrons. The van der Waals surface area contributed by atoms with Gasteiger partial charge in [0.05, 0.1) is 16.8 Å². The van der Waals surface area contributed by atoms with Crippen molar-refractivity contribution < 1.29 is 4.79 Å². The first kappa shape index (κ1) is 22.4. The Bertz CT molecular complexity index is 1440. The number of carbonyl (C=O) groups is 1. The number of thiophene rings is 1. The maximum atomic E-state index is 13.8. The van der Waals surface area contributed by atoms with Gasteiger partial charge in [-0.25, -0.2) is 4.98 Å². The number of benzene rings is 2. The number of nitrogens with zero attached hydrogens (tertiary/aromatic N) is 2. The Kier molecular flexibility index (Phi) is 6.16. The highest BCUT2D eigenvalue weighted by atomic mass is 35.5. The van der Waals surface area contributed by atoms with E-state index >= 15 is 0 Å². The van der Waals surface area contributed by atoms with Gasteiger partial charge in [0.1, 0.15) is 4.83 Å². The summed E-state index contributed by atoms with van der Waals surface area (Å²) in [7, 11) is 0. The highest BCUT2D eigenvalue weighted by Gasteiger charge is 2.23. The van der Waals surface area contributed by atoms with Crippen LogP contribution in [0.5, 0.6) is 0 Å². The normalized spacial score (nSPS) is 13.3. The van der Waals surface area contributed by atoms with E-state index in [1.807, 2.05) is 44.2 Å². The summed E-state index contributed by atoms with van der Waals surface area (Å²) in [5.74, 6) is 0.240. The third-order valence-electron chi connectivity index (χ3n) is 6.07. The average Bonchev–Trinajstić information content (AvgIpc) is 3.18. The minimum Gasteiger partial charge on any atom is -0.293 e. The predicted molar refractivity (Wildman–Crippen MR) is 138 cm³/mol. The highest BCUT2D eigenvalue weighted by molar-refractivity contribution is 7.99. The molecule has 2 heterocycles. The molecule has 0 saturated carbocycles. The largest absolute Gasteiger partial charge is 0.293 e. The highest BCUT2D eigenvalue weighted by Crippen LogP contribution is 2.35. The van der Waals surface area contributed by atoms with Crippen molar-refractivity contribution in [1.29, 1.82) is 0 Å². The van der Waals surface area contributed by atoms with Crippen LogP contribution in [-0.2, 0) is 12.8 Å². The van der Waals surface area contributed by atoms with Crippen molar-refractivity contribution in [3.63, 3.8) is 0 Å². The van der Waals surface area contributed by atoms with Crippen LogP contribution in [-0.4, -0.2) is 21.1 Å². The molecular formula is C26H23ClN2O2S2. The molecule has 1 aliphatic rings. The lowest BCUT2D eigenvalue weighted by atomic mass is 9.97. The number of Topliss-reactive ketones (excluding diaryl/α,β-unsaturated/α-hetero) is 1. The third kappa shape index (κ3) is 4.27. The molecule has 0 atom stereocenters. The van der Waals surface area contributed by atoms with Crippen LogP contribution in [0.2, 0.25) is 5.02 Å². The van der Waals surface area contributed by atoms with Crippen LogP contribution in [0.15, 0.2) is 52.4 Å². The number of halogens is 1. The molecule has 0 saturated heterocycles. The Hall–Kier alpha value is -2.41. The topological polar surface area (TPSA) is 52.0 Å². The number of aromatic nitrogens is 2. The lowest BCUT2D eigenvalue weighted by molar-refractivity contribution is 0.102. The zero-order valence-electron chi connectivity index (χ0n) is 18.5. The first-order valence-corrected chi connectivity index (χ1v) is 13.2. The van der Waals surface area contributed by atoms with Crippen LogP contribution in [0, 0.1) is 13.8 Å². The zero-order valence-corrected chi connectivity index (χ0v) is 20.9. The van der Waals surface area contributed by atoms with Crippen LogP contribution in [0.4, 0.5) is 0 Å². The molecule has 0 spiro atoms. The minimum absolute atomic E-state index is 0.0312. The summed E-state index contributed by atoms with van der Waals surface area (Å²) in [6.45, 7) is 3.93. The fourth-order valence-corrected chi connectivity index (χ4v) is 6.67. The Morgan fingerprint density at radius 1 is 1.12 bits per heavy atom. The molecule has 1 aliphatic carbocycles. The molecule has 4 nitrogen and oxygen atoms in total. The monoisotopic (exact) mass is 494 g/mol. The number of hydrogen-bond donors (Lipinski definition) is 0. The van der Waals surface area contributed by atoms with Gasteiger partial charge in [0.2, 0.25) is 0 Å². The third-order valence-corrected chi connectivity index (χ3v) is 8.45. The predicted octanol–water partition coefficient (Wildman–Crippen LogP) is 6.57. The number of aryl methyl sites for hydroxylation is 4. The van der Waals surface area contributed by atoms with Crippen LogP contribution in [0.25, 0.3) is 15.9 Å². The fourth-order valence-electron chi connectivity index (χ4n) is 4.35. The number of fused-ring (bicyclic) bond motifs is 3. The lowest BCUT2D eigenvalue weighted by Crippen LogP contribution is -2.22. The molecule has 5 rings (SSSR count). The summed E-state index contributed by atoms with van der Waals surface area (Å²) in [6.07, 6.45) is 4.17. The molecule has 7 heteroatoms. The molecule has 0 bridgehead atoms. The van der Waals surface area contributed by atoms with Gasteiger partial charge in [0, 0.05) is 15.5 Å². The van der Waals surface area contributed by atoms with Gasteiger partial charge in [-0.05, 0) is 81.0 Å². The second-order valence-electron chi connectivity index (χ2n) is 8.43. The van der Waals surface area contributed by atoms with Crippen LogP contribution < -0.4 is 5.56 Å². The van der Waals surface area contributed by atoms with Gasteiger partial charge in [-0.15, -0.1) is 11.3 Å². The van der Waals surface area contributed by atoms with Gasteiger partial charge in [-0.1, -0.05) is 41.1 Å². The summed E-state index contributed by atoms with van der Waals surface area (Å²) in [4.78, 5) is 33.8. The van der Waals surface area contributed by atoms with Crippen molar-refractivity contribution in [2.45, 2.75) is 44.7 Å². The maximum Gasteiger partial charge on any atom is 0.267 e. The molecule has 0 unspecified atom stereocenters. The van der Waals surface area contributed by atoms with Gasteiger partial charge >= 0.3 is 0 Å². The van der Waals surface area contributed by atoms with Crippen molar-refractivity contribution in [2.24, 2.45) is 0 Å². The van der Waals surface area contributed by atoms with Crippen LogP contribution in [0.1, 0.15) is 44.8 Å². The van der Waals surface area contributed by atoms with Crippen molar-refractivity contribution >= 4 is 50.7 Å². The van der Waals surface area contributed by atoms with E-state index in [-0.39, 0.29) is 17.1 Å². The molecule has 0 N–H and O–H groups in total. The van der Waals surface area contributed by atoms with Crippen LogP contribution in [0.3, 0.4) is 0 Å². The summed E-state index contributed by atoms with van der Waals surface area (Å²) >= 11 is 9.04. The second kappa shape index (κ2) is 9.09. The van der Waals surface area contributed by atoms with Crippen molar-refractivity contribution in [1.82, 2.24) is 9.55 Å². The molecule has 0 amide bonds. The van der Waals surface area contributed by atoms with Gasteiger partial charge in [-0.3, -0.25) is 14.2 Å². The standard InChI is InChI=1S/C26H23ClN2O2S2/c1-15-7-8-16(2)20(13-15)21(30)14-32-26-28-24-23(19-5-3-4-6-22(19)33-24)25(31)29(26)18-11-9-17(27)10-12-18/h7-13H,3-6,14H2,1-2H3. The summed E-state index contributed by atoms with van der Waals surface area (Å²) < 4.78 is 1.64. The van der Waals surface area contributed by atoms with E-state index < -0.39 is 0 Å². The average molecular weight is 495 g/mol. The Balaban J connectivity index is 1.60. The minimum atomic E-state index is -0.0663. The number of thioether (sulfide) groups is 1. The number of hydrogen-bond acceptors (Lipinski definition) is 5. The summed E-state index contributed by atoms with van der Waals surface area (Å²) in [5, 5.41) is 1.87. The first-order valence-electron chi connectivity index (χ1n) is 11.0. The second-order valence-corrected chi connectivity index (χ2v) is 10.9. The van der Waals surface area contributed by atoms with Gasteiger partial charge in [0.15, 0.2) is 10.9 Å². The maximum absolute atomic E-state index is 13.8. The molecular weight excluding hydrogens is 472 g/mol. The number of carbonyl (C=O) groups excluding carboxylic acids is 1. The first-order chi connectivity index (χ1) is 15.9. The smallest absolute Gasteiger partial charge is 0.267 e. The molecule has 0 radical (unpaired) electrons. The molecule has 0 aliphatic heterocycles. The summed E-state index contributed by atoms with van der Waals surface area (Å²) in [5.41, 5.74) is 4.52. The fraction of sp³-hybridized carbons (Fsp3) is 0.269. The van der Waals surface area contributed by atoms with E-state index in [2.05, 4.69) is 0 Å². The SMILES string of the molecule is Cc1ccc(C)c(C(=O)CSc2nc3sc4c(c3c(=O)n2-c2ccc(Cl)cc2)CCCC4)c1. The Labute approximate surface area is 205 Å². The van der Waals surface area contributed by atoms with Crippen molar-refractivity contribution in [3.05, 3.63) is 85.0 Å². The Morgan fingerprint density at radius 2 is 1.88 bits per heavy atom. The molecule has 0 fully saturated rings. The van der Waals surface area contributed by atoms with Gasteiger partial charge in [0.25, 0.3) is 5.56 Å². The van der Waals surface area contributed by atoms with Crippen molar-refractivity contribution in [3.8, 4) is 5.69 Å². The van der Waals surface area contributed by atoms with E-state index in [4.69, 9.17) is 16.6 Å². The molecule has 2 aromatic heterocycles. The quantitative estimate of drug-likeness (QED) is 0.179. The van der Waals surface area contributed by atoms with E-state index in [0.29, 0.717) is 15.9 Å². The van der Waals surface area contributed by atoms with Crippen molar-refractivity contribution in [2.75, 3.05) is 5.75 Å². The zero-order chi connectivity index (χ0) is 23.1. The Morgan fingerprint density at radius 3 is 2.67 bits per heavy atom. The number of ketones is 1. The summed E-state index contributed by atoms with van der Waals surface area (Å²) in [6, 6.07) is 13.1. The van der Waals surface area contributed by atoms with E-state index in [0.717, 1.165) is 58.2 Å². The lowest BCUT2D eigenvalue weighted by Gasteiger charge is -2.14. The number of rotatable bonds is 5. The molecule has 4 aromatic rings. The molecule has 2 aromatic carbocycles. The van der Waals surface area contributed by atoms with E-state index in [1.165, 1.54) is 16.6 Å². The van der Waals surface area contributed by atoms with Crippen LogP contribution >= 0.6 is 34.7 Å². The molecule has 33 heavy (non-hydrogen) atoms. The van der Waals surface area contributed by atoms with E-state index in [9.17, 15) is 9.59 Å². The van der Waals surface area contributed by atoms with Gasteiger partial charge in [-0.2, -0.15) is 0 Å². The van der Waals surface area contributed by atoms with E-state index in [1.54, 1.807) is 28.0 Å². The van der Waals surface area contributed by atoms with Gasteiger partial charge < -0.3 is 0 Å².